The molecule has 1 aromatic carbocycles. The maximum Gasteiger partial charge on any atom is 0.356 e. The lowest BCUT2D eigenvalue weighted by atomic mass is 9.92. The zero-order valence-corrected chi connectivity index (χ0v) is 15.7. The van der Waals surface area contributed by atoms with Crippen LogP contribution in [0.5, 0.6) is 5.75 Å². The Morgan fingerprint density at radius 1 is 1.19 bits per heavy atom. The molecule has 0 aliphatic rings. The molecular formula is C20H22N4O3. The van der Waals surface area contributed by atoms with E-state index in [4.69, 9.17) is 9.84 Å². The maximum atomic E-state index is 11.5. The second kappa shape index (κ2) is 7.11. The first-order valence-corrected chi connectivity index (χ1v) is 8.50. The number of carboxylic acid groups (broad SMARTS) is 1. The van der Waals surface area contributed by atoms with Gasteiger partial charge < -0.3 is 15.2 Å². The topological polar surface area (TPSA) is 89.3 Å². The van der Waals surface area contributed by atoms with E-state index in [1.807, 2.05) is 30.3 Å². The number of carbonyl (C=O) groups is 1. The summed E-state index contributed by atoms with van der Waals surface area (Å²) in [4.78, 5) is 15.4. The standard InChI is InChI=1S/C20H22N4O3/c1-20(2,3)16-12-17(22-13-8-7-11-21-18(13)19(25)26)24(23-16)14-9-5-6-10-15(14)27-4/h5-12,22H,1-4H3,(H,25,26). The van der Waals surface area contributed by atoms with Crippen molar-refractivity contribution < 1.29 is 14.6 Å². The van der Waals surface area contributed by atoms with E-state index in [-0.39, 0.29) is 11.1 Å². The minimum absolute atomic E-state index is 0.0532. The predicted molar refractivity (Wildman–Crippen MR) is 103 cm³/mol. The third-order valence-corrected chi connectivity index (χ3v) is 4.06. The van der Waals surface area contributed by atoms with Gasteiger partial charge in [-0.1, -0.05) is 32.9 Å². The molecule has 0 fully saturated rings. The molecule has 7 heteroatoms. The molecule has 2 aromatic heterocycles. The third-order valence-electron chi connectivity index (χ3n) is 4.06. The fourth-order valence-corrected chi connectivity index (χ4v) is 2.64. The summed E-state index contributed by atoms with van der Waals surface area (Å²) in [6, 6.07) is 12.8. The van der Waals surface area contributed by atoms with Gasteiger partial charge in [0.1, 0.15) is 17.3 Å². The molecule has 0 unspecified atom stereocenters. The number of benzene rings is 1. The largest absolute Gasteiger partial charge is 0.494 e. The highest BCUT2D eigenvalue weighted by atomic mass is 16.5. The number of nitrogens with one attached hydrogen (secondary N) is 1. The highest BCUT2D eigenvalue weighted by Crippen LogP contribution is 2.31. The molecule has 2 heterocycles. The van der Waals surface area contributed by atoms with Crippen LogP contribution in [0.4, 0.5) is 11.5 Å². The van der Waals surface area contributed by atoms with Crippen LogP contribution in [0.2, 0.25) is 0 Å². The third kappa shape index (κ3) is 3.76. The molecule has 0 aliphatic heterocycles. The van der Waals surface area contributed by atoms with Crippen LogP contribution in [-0.4, -0.2) is 33.0 Å². The lowest BCUT2D eigenvalue weighted by molar-refractivity contribution is 0.0691. The number of hydrogen-bond donors (Lipinski definition) is 2. The Bertz CT molecular complexity index is 973. The van der Waals surface area contributed by atoms with Crippen LogP contribution in [0.25, 0.3) is 5.69 Å². The van der Waals surface area contributed by atoms with Crippen molar-refractivity contribution in [2.24, 2.45) is 0 Å². The monoisotopic (exact) mass is 366 g/mol. The first-order chi connectivity index (χ1) is 12.8. The highest BCUT2D eigenvalue weighted by Gasteiger charge is 2.23. The van der Waals surface area contributed by atoms with Crippen LogP contribution >= 0.6 is 0 Å². The number of ether oxygens (including phenoxy) is 1. The molecule has 7 nitrogen and oxygen atoms in total. The molecule has 0 atom stereocenters. The van der Waals surface area contributed by atoms with Crippen LogP contribution in [0.1, 0.15) is 37.0 Å². The average molecular weight is 366 g/mol. The van der Waals surface area contributed by atoms with Crippen molar-refractivity contribution in [1.82, 2.24) is 14.8 Å². The quantitative estimate of drug-likeness (QED) is 0.709. The summed E-state index contributed by atoms with van der Waals surface area (Å²) in [6.45, 7) is 6.20. The predicted octanol–water partition coefficient (Wildman–Crippen LogP) is 4.02. The molecule has 27 heavy (non-hydrogen) atoms. The molecule has 3 rings (SSSR count). The molecule has 0 amide bonds. The number of aromatic nitrogens is 3. The summed E-state index contributed by atoms with van der Waals surface area (Å²) >= 11 is 0. The number of nitrogens with zero attached hydrogens (tertiary/aromatic N) is 3. The summed E-state index contributed by atoms with van der Waals surface area (Å²) in [5, 5.41) is 17.3. The minimum Gasteiger partial charge on any atom is -0.494 e. The van der Waals surface area contributed by atoms with Gasteiger partial charge >= 0.3 is 5.97 Å². The van der Waals surface area contributed by atoms with E-state index in [2.05, 4.69) is 31.1 Å². The van der Waals surface area contributed by atoms with Crippen LogP contribution in [-0.2, 0) is 5.41 Å². The zero-order valence-electron chi connectivity index (χ0n) is 15.7. The number of methoxy groups -OCH3 is 1. The molecule has 3 aromatic rings. The van der Waals surface area contributed by atoms with Crippen molar-refractivity contribution >= 4 is 17.5 Å². The minimum atomic E-state index is -1.10. The lowest BCUT2D eigenvalue weighted by Gasteiger charge is -2.14. The number of carboxylic acids is 1. The van der Waals surface area contributed by atoms with Gasteiger partial charge in [-0.15, -0.1) is 0 Å². The van der Waals surface area contributed by atoms with E-state index in [1.165, 1.54) is 6.20 Å². The Morgan fingerprint density at radius 3 is 2.59 bits per heavy atom. The molecule has 0 spiro atoms. The molecule has 0 bridgehead atoms. The number of rotatable bonds is 5. The number of para-hydroxylation sites is 2. The lowest BCUT2D eigenvalue weighted by Crippen LogP contribution is -2.13. The van der Waals surface area contributed by atoms with Crippen LogP contribution in [0.3, 0.4) is 0 Å². The summed E-state index contributed by atoms with van der Waals surface area (Å²) in [6.07, 6.45) is 1.45. The van der Waals surface area contributed by atoms with E-state index in [0.717, 1.165) is 11.4 Å². The van der Waals surface area contributed by atoms with E-state index < -0.39 is 5.97 Å². The number of pyridine rings is 1. The van der Waals surface area contributed by atoms with E-state index in [9.17, 15) is 9.90 Å². The van der Waals surface area contributed by atoms with Gasteiger partial charge in [-0.25, -0.2) is 14.5 Å². The molecule has 0 radical (unpaired) electrons. The summed E-state index contributed by atoms with van der Waals surface area (Å²) in [7, 11) is 1.60. The molecule has 2 N–H and O–H groups in total. The van der Waals surface area contributed by atoms with Crippen molar-refractivity contribution in [3.05, 3.63) is 60.0 Å². The van der Waals surface area contributed by atoms with E-state index >= 15 is 0 Å². The summed E-state index contributed by atoms with van der Waals surface area (Å²) < 4.78 is 7.19. The van der Waals surface area contributed by atoms with Crippen LogP contribution < -0.4 is 10.1 Å². The number of aromatic carboxylic acids is 1. The first-order valence-electron chi connectivity index (χ1n) is 8.50. The zero-order chi connectivity index (χ0) is 19.6. The Hall–Kier alpha value is -3.35. The Morgan fingerprint density at radius 2 is 1.93 bits per heavy atom. The molecular weight excluding hydrogens is 344 g/mol. The number of hydrogen-bond acceptors (Lipinski definition) is 5. The Kier molecular flexibility index (Phi) is 4.85. The van der Waals surface area contributed by atoms with Gasteiger partial charge in [0.2, 0.25) is 0 Å². The van der Waals surface area contributed by atoms with Crippen molar-refractivity contribution in [1.29, 1.82) is 0 Å². The van der Waals surface area contributed by atoms with Crippen molar-refractivity contribution in [3.8, 4) is 11.4 Å². The maximum absolute atomic E-state index is 11.5. The SMILES string of the molecule is COc1ccccc1-n1nc(C(C)(C)C)cc1Nc1cccnc1C(=O)O. The van der Waals surface area contributed by atoms with Gasteiger partial charge in [0.25, 0.3) is 0 Å². The molecule has 140 valence electrons. The summed E-state index contributed by atoms with van der Waals surface area (Å²) in [5.41, 5.74) is 1.76. The van der Waals surface area contributed by atoms with E-state index in [0.29, 0.717) is 17.3 Å². The first kappa shape index (κ1) is 18.4. The fraction of sp³-hybridized carbons (Fsp3) is 0.250. The molecule has 0 aliphatic carbocycles. The highest BCUT2D eigenvalue weighted by molar-refractivity contribution is 5.92. The van der Waals surface area contributed by atoms with E-state index in [1.54, 1.807) is 23.9 Å². The second-order valence-electron chi connectivity index (χ2n) is 7.08. The molecule has 0 saturated heterocycles. The van der Waals surface area contributed by atoms with Gasteiger partial charge in [0.05, 0.1) is 18.5 Å². The normalized spacial score (nSPS) is 11.3. The number of anilines is 2. The molecule has 0 saturated carbocycles. The van der Waals surface area contributed by atoms with Gasteiger partial charge in [0, 0.05) is 17.7 Å². The van der Waals surface area contributed by atoms with Crippen molar-refractivity contribution in [3.63, 3.8) is 0 Å². The van der Waals surface area contributed by atoms with Gasteiger partial charge in [0.15, 0.2) is 5.69 Å². The summed E-state index contributed by atoms with van der Waals surface area (Å²) in [5.74, 6) is 0.186. The van der Waals surface area contributed by atoms with Gasteiger partial charge in [-0.05, 0) is 24.3 Å². The van der Waals surface area contributed by atoms with Gasteiger partial charge in [-0.3, -0.25) is 0 Å². The smallest absolute Gasteiger partial charge is 0.356 e. The van der Waals surface area contributed by atoms with Crippen LogP contribution in [0, 0.1) is 0 Å². The Balaban J connectivity index is 2.15. The van der Waals surface area contributed by atoms with Crippen molar-refractivity contribution in [2.45, 2.75) is 26.2 Å². The average Bonchev–Trinajstić information content (AvgIpc) is 3.06. The fourth-order valence-electron chi connectivity index (χ4n) is 2.64. The second-order valence-corrected chi connectivity index (χ2v) is 7.08. The Labute approximate surface area is 157 Å². The van der Waals surface area contributed by atoms with Gasteiger partial charge in [-0.2, -0.15) is 5.10 Å². The van der Waals surface area contributed by atoms with Crippen LogP contribution in [0.15, 0.2) is 48.7 Å². The van der Waals surface area contributed by atoms with Crippen molar-refractivity contribution in [2.75, 3.05) is 12.4 Å².